The van der Waals surface area contributed by atoms with E-state index in [9.17, 15) is 0 Å². The molecule has 0 aliphatic rings. The molecule has 0 spiro atoms. The minimum Gasteiger partial charge on any atom is -0.375 e. The predicted molar refractivity (Wildman–Crippen MR) is 93.1 cm³/mol. The number of rotatable bonds is 10. The van der Waals surface area contributed by atoms with Gasteiger partial charge in [0.25, 0.3) is 0 Å². The normalized spacial score (nSPS) is 12.0. The molecule has 3 nitrogen and oxygen atoms in total. The Morgan fingerprint density at radius 3 is 2.48 bits per heavy atom. The van der Waals surface area contributed by atoms with Crippen molar-refractivity contribution in [1.82, 2.24) is 10.2 Å². The molecule has 1 N–H and O–H groups in total. The van der Waals surface area contributed by atoms with Crippen LogP contribution < -0.4 is 5.32 Å². The van der Waals surface area contributed by atoms with E-state index in [2.05, 4.69) is 57.8 Å². The summed E-state index contributed by atoms with van der Waals surface area (Å²) in [6.45, 7) is 17.8. The summed E-state index contributed by atoms with van der Waals surface area (Å²) >= 11 is 1.88. The van der Waals surface area contributed by atoms with Crippen molar-refractivity contribution in [2.75, 3.05) is 19.7 Å². The molecule has 1 heterocycles. The summed E-state index contributed by atoms with van der Waals surface area (Å²) in [6, 6.07) is 3.43. The third-order valence-electron chi connectivity index (χ3n) is 3.70. The highest BCUT2D eigenvalue weighted by Crippen LogP contribution is 2.22. The Morgan fingerprint density at radius 2 is 1.90 bits per heavy atom. The molecule has 0 saturated carbocycles. The van der Waals surface area contributed by atoms with Gasteiger partial charge in [-0.15, -0.1) is 11.3 Å². The number of ether oxygens (including phenoxy) is 1. The Morgan fingerprint density at radius 1 is 1.24 bits per heavy atom. The highest BCUT2D eigenvalue weighted by molar-refractivity contribution is 7.12. The van der Waals surface area contributed by atoms with Gasteiger partial charge in [-0.3, -0.25) is 4.90 Å². The average molecular weight is 313 g/mol. The van der Waals surface area contributed by atoms with Gasteiger partial charge in [-0.2, -0.15) is 0 Å². The van der Waals surface area contributed by atoms with Crippen LogP contribution in [0.25, 0.3) is 0 Å². The van der Waals surface area contributed by atoms with Crippen molar-refractivity contribution >= 4 is 11.3 Å². The van der Waals surface area contributed by atoms with E-state index in [4.69, 9.17) is 4.74 Å². The fourth-order valence-corrected chi connectivity index (χ4v) is 3.55. The lowest BCUT2D eigenvalue weighted by molar-refractivity contribution is 0.0699. The summed E-state index contributed by atoms with van der Waals surface area (Å²) in [6.07, 6.45) is 0. The highest BCUT2D eigenvalue weighted by atomic mass is 32.1. The van der Waals surface area contributed by atoms with Gasteiger partial charge in [-0.25, -0.2) is 0 Å². The van der Waals surface area contributed by atoms with Crippen molar-refractivity contribution in [1.29, 1.82) is 0 Å². The van der Waals surface area contributed by atoms with Gasteiger partial charge in [-0.05, 0) is 52.8 Å². The number of nitrogens with one attached hydrogen (secondary N) is 1. The Labute approximate surface area is 134 Å². The zero-order valence-electron chi connectivity index (χ0n) is 14.5. The summed E-state index contributed by atoms with van der Waals surface area (Å²) in [5.41, 5.74) is 1.34. The molecule has 1 rings (SSSR count). The predicted octanol–water partition coefficient (Wildman–Crippen LogP) is 3.80. The van der Waals surface area contributed by atoms with E-state index in [1.54, 1.807) is 0 Å². The second kappa shape index (κ2) is 9.57. The maximum Gasteiger partial charge on any atom is 0.0728 e. The second-order valence-corrected chi connectivity index (χ2v) is 7.39. The smallest absolute Gasteiger partial charge is 0.0728 e. The van der Waals surface area contributed by atoms with E-state index >= 15 is 0 Å². The number of nitrogens with zero attached hydrogens (tertiary/aromatic N) is 1. The molecule has 0 aliphatic carbocycles. The zero-order valence-corrected chi connectivity index (χ0v) is 15.3. The highest BCUT2D eigenvalue weighted by Gasteiger charge is 2.13. The molecule has 4 heteroatoms. The van der Waals surface area contributed by atoms with E-state index in [1.165, 1.54) is 15.3 Å². The molecule has 0 unspecified atom stereocenters. The van der Waals surface area contributed by atoms with Gasteiger partial charge < -0.3 is 10.1 Å². The summed E-state index contributed by atoms with van der Waals surface area (Å²) in [5.74, 6) is 0. The zero-order chi connectivity index (χ0) is 15.8. The maximum absolute atomic E-state index is 5.89. The maximum atomic E-state index is 5.89. The molecule has 0 amide bonds. The number of thiophene rings is 1. The van der Waals surface area contributed by atoms with E-state index in [1.807, 2.05) is 11.3 Å². The molecule has 21 heavy (non-hydrogen) atoms. The van der Waals surface area contributed by atoms with Crippen LogP contribution in [0, 0.1) is 6.92 Å². The first-order valence-corrected chi connectivity index (χ1v) is 8.89. The van der Waals surface area contributed by atoms with Crippen LogP contribution in [0.1, 0.15) is 49.9 Å². The minimum absolute atomic E-state index is 0.572. The van der Waals surface area contributed by atoms with Crippen molar-refractivity contribution in [3.8, 4) is 0 Å². The third kappa shape index (κ3) is 6.47. The molecule has 0 saturated heterocycles. The van der Waals surface area contributed by atoms with Crippen LogP contribution in [0.4, 0.5) is 0 Å². The van der Waals surface area contributed by atoms with E-state index in [0.717, 1.165) is 32.8 Å². The Balaban J connectivity index is 2.36. The van der Waals surface area contributed by atoms with Crippen LogP contribution in [0.2, 0.25) is 0 Å². The fraction of sp³-hybridized carbons (Fsp3) is 0.765. The monoisotopic (exact) mass is 312 g/mol. The Bertz CT molecular complexity index is 393. The first kappa shape index (κ1) is 18.6. The summed E-state index contributed by atoms with van der Waals surface area (Å²) < 4.78 is 5.89. The second-order valence-electron chi connectivity index (χ2n) is 6.05. The van der Waals surface area contributed by atoms with Crippen molar-refractivity contribution < 1.29 is 4.74 Å². The summed E-state index contributed by atoms with van der Waals surface area (Å²) in [7, 11) is 0. The van der Waals surface area contributed by atoms with Crippen molar-refractivity contribution in [3.63, 3.8) is 0 Å². The Hall–Kier alpha value is -0.420. The molecule has 0 fully saturated rings. The first-order valence-electron chi connectivity index (χ1n) is 8.08. The van der Waals surface area contributed by atoms with Crippen LogP contribution >= 0.6 is 11.3 Å². The molecule has 0 radical (unpaired) electrons. The van der Waals surface area contributed by atoms with Gasteiger partial charge in [0, 0.05) is 34.9 Å². The van der Waals surface area contributed by atoms with Crippen LogP contribution in [0.15, 0.2) is 6.07 Å². The largest absolute Gasteiger partial charge is 0.375 e. The van der Waals surface area contributed by atoms with Gasteiger partial charge in [-0.1, -0.05) is 6.92 Å². The quantitative estimate of drug-likeness (QED) is 0.665. The fourth-order valence-electron chi connectivity index (χ4n) is 2.53. The first-order chi connectivity index (χ1) is 9.95. The lowest BCUT2D eigenvalue weighted by Gasteiger charge is -2.30. The van der Waals surface area contributed by atoms with Crippen LogP contribution in [-0.2, 0) is 17.9 Å². The van der Waals surface area contributed by atoms with Crippen LogP contribution in [0.3, 0.4) is 0 Å². The standard InChI is InChI=1S/C17H32N2OS/c1-7-18-11-17-10-16(15(6)21-17)12-20-9-8-19(13(2)3)14(4)5/h10,13-14,18H,7-9,11-12H2,1-6H3. The van der Waals surface area contributed by atoms with Gasteiger partial charge in [0.1, 0.15) is 0 Å². The van der Waals surface area contributed by atoms with Gasteiger partial charge in [0.2, 0.25) is 0 Å². The lowest BCUT2D eigenvalue weighted by Crippen LogP contribution is -2.39. The summed E-state index contributed by atoms with van der Waals surface area (Å²) in [4.78, 5) is 5.25. The number of hydrogen-bond acceptors (Lipinski definition) is 4. The molecule has 0 aromatic carbocycles. The topological polar surface area (TPSA) is 24.5 Å². The van der Waals surface area contributed by atoms with E-state index < -0.39 is 0 Å². The van der Waals surface area contributed by atoms with Crippen LogP contribution in [-0.4, -0.2) is 36.7 Å². The molecule has 122 valence electrons. The molecule has 0 bridgehead atoms. The minimum atomic E-state index is 0.572. The molecule has 0 atom stereocenters. The Kier molecular flexibility index (Phi) is 8.49. The lowest BCUT2D eigenvalue weighted by atomic mass is 10.2. The number of aryl methyl sites for hydroxylation is 1. The number of hydrogen-bond donors (Lipinski definition) is 1. The SMILES string of the molecule is CCNCc1cc(COCCN(C(C)C)C(C)C)c(C)s1. The average Bonchev–Trinajstić information content (AvgIpc) is 2.76. The molecule has 0 aliphatic heterocycles. The third-order valence-corrected chi connectivity index (χ3v) is 4.79. The van der Waals surface area contributed by atoms with E-state index in [0.29, 0.717) is 12.1 Å². The van der Waals surface area contributed by atoms with Crippen molar-refractivity contribution in [2.24, 2.45) is 0 Å². The van der Waals surface area contributed by atoms with Gasteiger partial charge in [0.15, 0.2) is 0 Å². The van der Waals surface area contributed by atoms with Gasteiger partial charge >= 0.3 is 0 Å². The summed E-state index contributed by atoms with van der Waals surface area (Å²) in [5, 5.41) is 3.38. The van der Waals surface area contributed by atoms with E-state index in [-0.39, 0.29) is 0 Å². The molecular weight excluding hydrogens is 280 g/mol. The van der Waals surface area contributed by atoms with Crippen molar-refractivity contribution in [2.45, 2.75) is 66.8 Å². The van der Waals surface area contributed by atoms with Crippen LogP contribution in [0.5, 0.6) is 0 Å². The van der Waals surface area contributed by atoms with Crippen molar-refractivity contribution in [3.05, 3.63) is 21.4 Å². The molecule has 1 aromatic rings. The van der Waals surface area contributed by atoms with Gasteiger partial charge in [0.05, 0.1) is 13.2 Å². The molecular formula is C17H32N2OS. The molecule has 1 aromatic heterocycles.